The number of carbonyl (C=O) groups is 1. The van der Waals surface area contributed by atoms with Crippen LogP contribution in [0.15, 0.2) is 55.0 Å². The summed E-state index contributed by atoms with van der Waals surface area (Å²) in [5.41, 5.74) is 3.23. The van der Waals surface area contributed by atoms with E-state index in [4.69, 9.17) is 0 Å². The van der Waals surface area contributed by atoms with Gasteiger partial charge in [-0.3, -0.25) is 14.8 Å². The summed E-state index contributed by atoms with van der Waals surface area (Å²) in [6, 6.07) is 11.8. The second kappa shape index (κ2) is 7.52. The van der Waals surface area contributed by atoms with Gasteiger partial charge in [-0.2, -0.15) is 0 Å². The number of fused-ring (bicyclic) bond motifs is 1. The number of benzene rings is 1. The Hall–Kier alpha value is -2.95. The van der Waals surface area contributed by atoms with Crippen LogP contribution in [0.3, 0.4) is 0 Å². The lowest BCUT2D eigenvalue weighted by Crippen LogP contribution is -2.31. The molecule has 0 spiro atoms. The number of rotatable bonds is 3. The molecule has 1 amide bonds. The van der Waals surface area contributed by atoms with Crippen molar-refractivity contribution in [3.8, 4) is 0 Å². The molecule has 1 fully saturated rings. The number of para-hydroxylation sites is 1. The fraction of sp³-hybridized carbons (Fsp3) is 0.286. The SMILES string of the molecule is O=C(c1cncc(Nc2cccc3cccnc23)c1)N1CCCCCC1. The molecule has 0 aliphatic carbocycles. The van der Waals surface area contributed by atoms with Gasteiger partial charge in [0, 0.05) is 30.9 Å². The van der Waals surface area contributed by atoms with Crippen molar-refractivity contribution in [3.63, 3.8) is 0 Å². The second-order valence-electron chi connectivity index (χ2n) is 6.67. The van der Waals surface area contributed by atoms with Gasteiger partial charge in [0.1, 0.15) is 0 Å². The molecule has 1 aliphatic heterocycles. The lowest BCUT2D eigenvalue weighted by Gasteiger charge is -2.20. The Labute approximate surface area is 153 Å². The summed E-state index contributed by atoms with van der Waals surface area (Å²) in [6.45, 7) is 1.67. The van der Waals surface area contributed by atoms with Crippen molar-refractivity contribution in [1.82, 2.24) is 14.9 Å². The Morgan fingerprint density at radius 2 is 1.81 bits per heavy atom. The van der Waals surface area contributed by atoms with Gasteiger partial charge in [-0.25, -0.2) is 0 Å². The van der Waals surface area contributed by atoms with E-state index in [9.17, 15) is 4.79 Å². The number of nitrogens with one attached hydrogen (secondary N) is 1. The van der Waals surface area contributed by atoms with Crippen molar-refractivity contribution < 1.29 is 4.79 Å². The molecule has 26 heavy (non-hydrogen) atoms. The minimum Gasteiger partial charge on any atom is -0.352 e. The van der Waals surface area contributed by atoms with Crippen LogP contribution < -0.4 is 5.32 Å². The van der Waals surface area contributed by atoms with E-state index in [-0.39, 0.29) is 5.91 Å². The highest BCUT2D eigenvalue weighted by Crippen LogP contribution is 2.25. The van der Waals surface area contributed by atoms with Crippen LogP contribution in [0.4, 0.5) is 11.4 Å². The van der Waals surface area contributed by atoms with Gasteiger partial charge in [0.15, 0.2) is 0 Å². The van der Waals surface area contributed by atoms with Crippen LogP contribution in [0.5, 0.6) is 0 Å². The summed E-state index contributed by atoms with van der Waals surface area (Å²) in [5.74, 6) is 0.0686. The Morgan fingerprint density at radius 3 is 2.65 bits per heavy atom. The zero-order chi connectivity index (χ0) is 17.8. The van der Waals surface area contributed by atoms with Gasteiger partial charge in [-0.1, -0.05) is 31.0 Å². The molecule has 2 aromatic heterocycles. The molecule has 3 aromatic rings. The van der Waals surface area contributed by atoms with Gasteiger partial charge in [-0.15, -0.1) is 0 Å². The van der Waals surface area contributed by atoms with Crippen molar-refractivity contribution in [2.75, 3.05) is 18.4 Å². The summed E-state index contributed by atoms with van der Waals surface area (Å²) in [4.78, 5) is 23.5. The average molecular weight is 346 g/mol. The van der Waals surface area contributed by atoms with Crippen LogP contribution in [0.2, 0.25) is 0 Å². The van der Waals surface area contributed by atoms with Gasteiger partial charge in [0.05, 0.1) is 28.7 Å². The lowest BCUT2D eigenvalue weighted by molar-refractivity contribution is 0.0761. The van der Waals surface area contributed by atoms with E-state index in [1.54, 1.807) is 18.6 Å². The molecule has 1 saturated heterocycles. The van der Waals surface area contributed by atoms with E-state index < -0.39 is 0 Å². The smallest absolute Gasteiger partial charge is 0.255 e. The van der Waals surface area contributed by atoms with Crippen LogP contribution in [0.25, 0.3) is 10.9 Å². The average Bonchev–Trinajstić information content (AvgIpc) is 2.97. The highest BCUT2D eigenvalue weighted by molar-refractivity contribution is 5.96. The predicted octanol–water partition coefficient (Wildman–Crippen LogP) is 4.39. The number of carbonyl (C=O) groups excluding carboxylic acids is 1. The third-order valence-electron chi connectivity index (χ3n) is 4.79. The maximum Gasteiger partial charge on any atom is 0.255 e. The number of likely N-dealkylation sites (tertiary alicyclic amines) is 1. The van der Waals surface area contributed by atoms with E-state index in [0.717, 1.165) is 48.2 Å². The molecule has 3 heterocycles. The van der Waals surface area contributed by atoms with Crippen LogP contribution in [0, 0.1) is 0 Å². The van der Waals surface area contributed by atoms with Crippen LogP contribution in [0.1, 0.15) is 36.0 Å². The first-order valence-electron chi connectivity index (χ1n) is 9.16. The maximum atomic E-state index is 12.8. The summed E-state index contributed by atoms with van der Waals surface area (Å²) in [7, 11) is 0. The van der Waals surface area contributed by atoms with Gasteiger partial charge < -0.3 is 10.2 Å². The second-order valence-corrected chi connectivity index (χ2v) is 6.67. The molecule has 1 aliphatic rings. The number of pyridine rings is 2. The summed E-state index contributed by atoms with van der Waals surface area (Å²) in [5, 5.41) is 4.43. The Bertz CT molecular complexity index is 911. The van der Waals surface area contributed by atoms with Crippen LogP contribution in [-0.4, -0.2) is 33.9 Å². The molecule has 4 rings (SSSR count). The highest BCUT2D eigenvalue weighted by atomic mass is 16.2. The highest BCUT2D eigenvalue weighted by Gasteiger charge is 2.18. The first-order chi connectivity index (χ1) is 12.8. The van der Waals surface area contributed by atoms with Crippen molar-refractivity contribution >= 4 is 28.2 Å². The molecular formula is C21H22N4O. The molecule has 1 aromatic carbocycles. The van der Waals surface area contributed by atoms with E-state index in [0.29, 0.717) is 5.56 Å². The standard InChI is InChI=1S/C21H22N4O/c26-21(25-11-3-1-2-4-12-25)17-13-18(15-22-14-17)24-19-9-5-7-16-8-6-10-23-20(16)19/h5-10,13-15,24H,1-4,11-12H2. The molecule has 0 radical (unpaired) electrons. The molecule has 0 saturated carbocycles. The van der Waals surface area contributed by atoms with Gasteiger partial charge in [0.2, 0.25) is 0 Å². The van der Waals surface area contributed by atoms with Gasteiger partial charge in [0.25, 0.3) is 5.91 Å². The number of aromatic nitrogens is 2. The number of nitrogens with zero attached hydrogens (tertiary/aromatic N) is 3. The summed E-state index contributed by atoms with van der Waals surface area (Å²) >= 11 is 0. The number of amides is 1. The van der Waals surface area contributed by atoms with Gasteiger partial charge in [-0.05, 0) is 31.0 Å². The minimum absolute atomic E-state index is 0.0686. The molecule has 1 N–H and O–H groups in total. The molecule has 5 nitrogen and oxygen atoms in total. The number of hydrogen-bond donors (Lipinski definition) is 1. The van der Waals surface area contributed by atoms with Crippen molar-refractivity contribution in [2.24, 2.45) is 0 Å². The van der Waals surface area contributed by atoms with E-state index in [1.807, 2.05) is 41.3 Å². The summed E-state index contributed by atoms with van der Waals surface area (Å²) in [6.07, 6.45) is 9.75. The predicted molar refractivity (Wildman–Crippen MR) is 104 cm³/mol. The molecule has 0 atom stereocenters. The minimum atomic E-state index is 0.0686. The topological polar surface area (TPSA) is 58.1 Å². The third kappa shape index (κ3) is 3.52. The van der Waals surface area contributed by atoms with Crippen LogP contribution in [-0.2, 0) is 0 Å². The van der Waals surface area contributed by atoms with Crippen molar-refractivity contribution in [3.05, 3.63) is 60.6 Å². The fourth-order valence-electron chi connectivity index (χ4n) is 3.44. The zero-order valence-electron chi connectivity index (χ0n) is 14.7. The normalized spacial score (nSPS) is 14.8. The summed E-state index contributed by atoms with van der Waals surface area (Å²) < 4.78 is 0. The molecular weight excluding hydrogens is 324 g/mol. The van der Waals surface area contributed by atoms with E-state index in [2.05, 4.69) is 15.3 Å². The quantitative estimate of drug-likeness (QED) is 0.764. The van der Waals surface area contributed by atoms with Gasteiger partial charge >= 0.3 is 0 Å². The van der Waals surface area contributed by atoms with Crippen LogP contribution >= 0.6 is 0 Å². The first kappa shape index (κ1) is 16.5. The third-order valence-corrected chi connectivity index (χ3v) is 4.79. The van der Waals surface area contributed by atoms with Crippen molar-refractivity contribution in [2.45, 2.75) is 25.7 Å². The first-order valence-corrected chi connectivity index (χ1v) is 9.16. The number of anilines is 2. The Kier molecular flexibility index (Phi) is 4.78. The largest absolute Gasteiger partial charge is 0.352 e. The molecule has 0 unspecified atom stereocenters. The lowest BCUT2D eigenvalue weighted by atomic mass is 10.2. The van der Waals surface area contributed by atoms with E-state index in [1.165, 1.54) is 12.8 Å². The maximum absolute atomic E-state index is 12.8. The molecule has 132 valence electrons. The van der Waals surface area contributed by atoms with Crippen molar-refractivity contribution in [1.29, 1.82) is 0 Å². The molecule has 5 heteroatoms. The zero-order valence-corrected chi connectivity index (χ0v) is 14.7. The number of hydrogen-bond acceptors (Lipinski definition) is 4. The Morgan fingerprint density at radius 1 is 1.00 bits per heavy atom. The Balaban J connectivity index is 1.58. The monoisotopic (exact) mass is 346 g/mol. The van der Waals surface area contributed by atoms with E-state index >= 15 is 0 Å². The fourth-order valence-corrected chi connectivity index (χ4v) is 3.44. The molecule has 0 bridgehead atoms.